The highest BCUT2D eigenvalue weighted by Crippen LogP contribution is 2.77. The molecule has 1 amide bonds. The third-order valence-corrected chi connectivity index (χ3v) is 20.2. The van der Waals surface area contributed by atoms with Crippen LogP contribution < -0.4 is 9.47 Å². The van der Waals surface area contributed by atoms with Crippen LogP contribution in [0.25, 0.3) is 6.08 Å². The highest BCUT2D eigenvalue weighted by atomic mass is 16.7. The lowest BCUT2D eigenvalue weighted by Crippen LogP contribution is -2.67. The summed E-state index contributed by atoms with van der Waals surface area (Å²) in [6.07, 6.45) is 18.7. The van der Waals surface area contributed by atoms with Gasteiger partial charge in [-0.05, 0) is 174 Å². The third kappa shape index (κ3) is 9.17. The number of allylic oxidation sites excluding steroid dienone is 1. The van der Waals surface area contributed by atoms with Crippen LogP contribution >= 0.6 is 0 Å². The van der Waals surface area contributed by atoms with Crippen molar-refractivity contribution in [2.24, 2.45) is 62.1 Å². The van der Waals surface area contributed by atoms with Crippen molar-refractivity contribution in [3.8, 4) is 11.5 Å². The van der Waals surface area contributed by atoms with Gasteiger partial charge in [-0.15, -0.1) is 0 Å². The molecule has 1 aromatic carbocycles. The number of hydrogen-bond donors (Lipinski definition) is 1. The maximum atomic E-state index is 14.6. The van der Waals surface area contributed by atoms with Crippen molar-refractivity contribution >= 4 is 29.9 Å². The first-order valence-electron chi connectivity index (χ1n) is 26.5. The quantitative estimate of drug-likeness (QED) is 0.0739. The molecule has 0 aromatic heterocycles. The van der Waals surface area contributed by atoms with Gasteiger partial charge in [-0.2, -0.15) is 0 Å². The van der Waals surface area contributed by atoms with Crippen LogP contribution in [0.2, 0.25) is 0 Å². The van der Waals surface area contributed by atoms with Crippen LogP contribution in [0.5, 0.6) is 11.5 Å². The van der Waals surface area contributed by atoms with Crippen molar-refractivity contribution in [3.63, 3.8) is 0 Å². The lowest BCUT2D eigenvalue weighted by molar-refractivity contribution is -0.251. The van der Waals surface area contributed by atoms with Gasteiger partial charge in [0.2, 0.25) is 12.7 Å². The highest BCUT2D eigenvalue weighted by Gasteiger charge is 2.72. The summed E-state index contributed by atoms with van der Waals surface area (Å²) < 4.78 is 23.4. The molecular weight excluding hydrogens is 857 g/mol. The summed E-state index contributed by atoms with van der Waals surface area (Å²) in [7, 11) is 0. The zero-order valence-electron chi connectivity index (χ0n) is 42.9. The number of rotatable bonds is 16. The van der Waals surface area contributed by atoms with Crippen molar-refractivity contribution in [2.45, 2.75) is 164 Å². The summed E-state index contributed by atoms with van der Waals surface area (Å²) in [5, 5.41) is 9.67. The van der Waals surface area contributed by atoms with Crippen LogP contribution in [0.3, 0.4) is 0 Å². The first kappa shape index (κ1) is 50.5. The average Bonchev–Trinajstić information content (AvgIpc) is 3.93. The molecular formula is C57H84N2O9. The molecule has 376 valence electrons. The number of carboxylic acids is 1. The van der Waals surface area contributed by atoms with Gasteiger partial charge < -0.3 is 29.0 Å². The smallest absolute Gasteiger partial charge is 0.312 e. The molecule has 11 nitrogen and oxygen atoms in total. The standard InChI is InChI=1S/C57H84N2O9/c1-38(2)40-21-26-57(51(64)65-34-14-12-10-11-13-29-58-30-32-59(33-31-58)47(60)20-16-39-15-18-42-43(35-39)67-37-66-42)28-27-55(8)41(49(40)57)17-19-45-54(7)24-23-46(68-48(61)36-52(3,4)50(62)63)53(5,6)44(54)22-25-56(45,55)9/h15-16,18,20,35,40-41,44-46,49H,1,10-14,17,19,21-34,36-37H2,2-9H3,(H,62,63)/b20-16+/t40-,41+,44-,45+,46-,49+,54-,55+,56+,57-/m0/s1. The number of carbonyl (C=O) groups is 4. The van der Waals surface area contributed by atoms with E-state index < -0.39 is 22.8 Å². The molecule has 0 bridgehead atoms. The number of ether oxygens (including phenoxy) is 4. The second-order valence-electron chi connectivity index (χ2n) is 24.6. The summed E-state index contributed by atoms with van der Waals surface area (Å²) in [4.78, 5) is 56.9. The van der Waals surface area contributed by atoms with Crippen LogP contribution in [0.15, 0.2) is 36.4 Å². The number of carbonyl (C=O) groups excluding carboxylic acids is 3. The molecule has 6 fully saturated rings. The highest BCUT2D eigenvalue weighted by molar-refractivity contribution is 5.92. The number of unbranched alkanes of at least 4 members (excludes halogenated alkanes) is 4. The molecule has 0 spiro atoms. The number of nitrogens with zero attached hydrogens (tertiary/aromatic N) is 2. The minimum Gasteiger partial charge on any atom is -0.481 e. The molecule has 0 radical (unpaired) electrons. The van der Waals surface area contributed by atoms with Gasteiger partial charge in [0.25, 0.3) is 0 Å². The fraction of sp³-hybridized carbons (Fsp3) is 0.754. The van der Waals surface area contributed by atoms with E-state index in [2.05, 4.69) is 53.0 Å². The summed E-state index contributed by atoms with van der Waals surface area (Å²) in [5.41, 5.74) is 0.615. The van der Waals surface area contributed by atoms with Crippen molar-refractivity contribution in [1.82, 2.24) is 9.80 Å². The van der Waals surface area contributed by atoms with Gasteiger partial charge in [0.1, 0.15) is 6.10 Å². The first-order chi connectivity index (χ1) is 32.2. The van der Waals surface area contributed by atoms with E-state index >= 15 is 0 Å². The Bertz CT molecular complexity index is 2110. The van der Waals surface area contributed by atoms with E-state index in [0.29, 0.717) is 36.0 Å². The van der Waals surface area contributed by atoms with Crippen molar-refractivity contribution in [3.05, 3.63) is 42.0 Å². The fourth-order valence-corrected chi connectivity index (χ4v) is 16.1. The molecule has 8 rings (SSSR count). The molecule has 1 saturated heterocycles. The maximum absolute atomic E-state index is 14.6. The van der Waals surface area contributed by atoms with Crippen molar-refractivity contribution < 1.29 is 43.2 Å². The Balaban J connectivity index is 0.803. The number of carboxylic acid groups (broad SMARTS) is 1. The number of piperazine rings is 1. The van der Waals surface area contributed by atoms with E-state index in [1.807, 2.05) is 29.2 Å². The second kappa shape index (κ2) is 19.4. The predicted octanol–water partition coefficient (Wildman–Crippen LogP) is 11.1. The Hall–Kier alpha value is -3.86. The molecule has 0 unspecified atom stereocenters. The van der Waals surface area contributed by atoms with Crippen LogP contribution in [0, 0.1) is 62.1 Å². The van der Waals surface area contributed by atoms with E-state index in [9.17, 15) is 24.3 Å². The fourth-order valence-electron chi connectivity index (χ4n) is 16.1. The van der Waals surface area contributed by atoms with E-state index in [0.717, 1.165) is 140 Å². The molecule has 5 aliphatic carbocycles. The number of benzene rings is 1. The van der Waals surface area contributed by atoms with E-state index in [1.165, 1.54) is 5.57 Å². The zero-order chi connectivity index (χ0) is 48.9. The maximum Gasteiger partial charge on any atom is 0.312 e. The summed E-state index contributed by atoms with van der Waals surface area (Å²) in [5.74, 6) is 2.11. The minimum absolute atomic E-state index is 0.0445. The Morgan fingerprint density at radius 2 is 1.54 bits per heavy atom. The van der Waals surface area contributed by atoms with Crippen molar-refractivity contribution in [1.29, 1.82) is 0 Å². The summed E-state index contributed by atoms with van der Waals surface area (Å²) >= 11 is 0. The number of esters is 2. The van der Waals surface area contributed by atoms with E-state index in [-0.39, 0.29) is 58.8 Å². The molecule has 11 heteroatoms. The summed E-state index contributed by atoms with van der Waals surface area (Å²) in [6.45, 7) is 27.3. The summed E-state index contributed by atoms with van der Waals surface area (Å²) in [6, 6.07) is 5.71. The van der Waals surface area contributed by atoms with Crippen LogP contribution in [-0.2, 0) is 28.7 Å². The molecule has 1 aromatic rings. The van der Waals surface area contributed by atoms with Gasteiger partial charge >= 0.3 is 17.9 Å². The molecule has 7 aliphatic rings. The monoisotopic (exact) mass is 941 g/mol. The third-order valence-electron chi connectivity index (χ3n) is 20.2. The van der Waals surface area contributed by atoms with Gasteiger partial charge in [-0.3, -0.25) is 24.1 Å². The SMILES string of the molecule is C=C(C)[C@@H]1CC[C@]2(C(=O)OCCCCCCCN3CCN(C(=O)/C=C/c4ccc5c(c4)OCO5)CC3)CC[C@]3(C)[C@H](CC[C@@H]4[C@@]5(C)CC[C@H](OC(=O)CC(C)(C)C(=O)O)C(C)(C)[C@@H]5CC[C@]43C)[C@@H]12. The minimum atomic E-state index is -1.16. The van der Waals surface area contributed by atoms with Gasteiger partial charge in [-0.1, -0.05) is 72.1 Å². The first-order valence-corrected chi connectivity index (χ1v) is 26.5. The topological polar surface area (TPSA) is 132 Å². The van der Waals surface area contributed by atoms with Gasteiger partial charge in [-0.25, -0.2) is 0 Å². The Morgan fingerprint density at radius 3 is 2.28 bits per heavy atom. The van der Waals surface area contributed by atoms with Gasteiger partial charge in [0.05, 0.1) is 23.9 Å². The Kier molecular flexibility index (Phi) is 14.4. The molecule has 1 N–H and O–H groups in total. The molecule has 10 atom stereocenters. The Morgan fingerprint density at radius 1 is 0.824 bits per heavy atom. The second-order valence-corrected chi connectivity index (χ2v) is 24.6. The normalized spacial score (nSPS) is 35.1. The van der Waals surface area contributed by atoms with E-state index in [4.69, 9.17) is 18.9 Å². The number of amides is 1. The lowest BCUT2D eigenvalue weighted by Gasteiger charge is -2.72. The van der Waals surface area contributed by atoms with Gasteiger partial charge in [0.15, 0.2) is 11.5 Å². The molecule has 68 heavy (non-hydrogen) atoms. The number of hydrogen-bond acceptors (Lipinski definition) is 9. The van der Waals surface area contributed by atoms with Crippen LogP contribution in [-0.4, -0.2) is 90.9 Å². The van der Waals surface area contributed by atoms with Crippen LogP contribution in [0.4, 0.5) is 0 Å². The lowest BCUT2D eigenvalue weighted by atomic mass is 9.32. The zero-order valence-corrected chi connectivity index (χ0v) is 42.9. The molecule has 2 aliphatic heterocycles. The number of aliphatic carboxylic acids is 1. The van der Waals surface area contributed by atoms with Gasteiger partial charge in [0, 0.05) is 37.7 Å². The van der Waals surface area contributed by atoms with Crippen molar-refractivity contribution in [2.75, 3.05) is 46.1 Å². The Labute approximate surface area is 407 Å². The predicted molar refractivity (Wildman–Crippen MR) is 264 cm³/mol. The molecule has 2 heterocycles. The molecule has 5 saturated carbocycles. The largest absolute Gasteiger partial charge is 0.481 e. The average molecular weight is 941 g/mol. The van der Waals surface area contributed by atoms with Crippen LogP contribution in [0.1, 0.15) is 164 Å². The van der Waals surface area contributed by atoms with E-state index in [1.54, 1.807) is 19.9 Å². The number of fused-ring (bicyclic) bond motifs is 8.